The van der Waals surface area contributed by atoms with Crippen molar-refractivity contribution in [2.75, 3.05) is 19.8 Å². The van der Waals surface area contributed by atoms with E-state index in [-0.39, 0.29) is 16.9 Å². The lowest BCUT2D eigenvalue weighted by molar-refractivity contribution is 0.0933. The molecule has 3 rings (SSSR count). The van der Waals surface area contributed by atoms with Crippen LogP contribution in [0.15, 0.2) is 54.6 Å². The summed E-state index contributed by atoms with van der Waals surface area (Å²) in [5, 5.41) is 2.94. The molecule has 1 atom stereocenters. The van der Waals surface area contributed by atoms with Crippen molar-refractivity contribution in [3.8, 4) is 0 Å². The van der Waals surface area contributed by atoms with Gasteiger partial charge in [0.15, 0.2) is 0 Å². The number of hydrogen-bond acceptors (Lipinski definition) is 2. The maximum absolute atomic E-state index is 13.8. The molecule has 1 saturated heterocycles. The minimum absolute atomic E-state index is 0.0885. The van der Waals surface area contributed by atoms with Gasteiger partial charge < -0.3 is 10.1 Å². The van der Waals surface area contributed by atoms with Crippen LogP contribution in [0, 0.1) is 5.82 Å². The fourth-order valence-corrected chi connectivity index (χ4v) is 3.36. The lowest BCUT2D eigenvalue weighted by atomic mass is 9.74. The van der Waals surface area contributed by atoms with Gasteiger partial charge in [0.05, 0.1) is 5.56 Å². The van der Waals surface area contributed by atoms with E-state index in [2.05, 4.69) is 17.4 Å². The summed E-state index contributed by atoms with van der Waals surface area (Å²) in [5.41, 5.74) is 1.12. The minimum atomic E-state index is -0.493. The van der Waals surface area contributed by atoms with Gasteiger partial charge in [-0.05, 0) is 37.0 Å². The van der Waals surface area contributed by atoms with Crippen molar-refractivity contribution in [2.24, 2.45) is 0 Å². The Balaban J connectivity index is 1.80. The summed E-state index contributed by atoms with van der Waals surface area (Å²) >= 11 is 0. The first-order chi connectivity index (χ1) is 11.7. The van der Waals surface area contributed by atoms with Gasteiger partial charge in [-0.2, -0.15) is 0 Å². The summed E-state index contributed by atoms with van der Waals surface area (Å²) in [7, 11) is 0. The van der Waals surface area contributed by atoms with E-state index in [4.69, 9.17) is 4.74 Å². The van der Waals surface area contributed by atoms with Gasteiger partial charge in [-0.3, -0.25) is 4.79 Å². The fourth-order valence-electron chi connectivity index (χ4n) is 3.36. The Bertz CT molecular complexity index is 679. The third-order valence-electron chi connectivity index (χ3n) is 4.76. The highest BCUT2D eigenvalue weighted by Gasteiger charge is 2.33. The van der Waals surface area contributed by atoms with Gasteiger partial charge in [0.1, 0.15) is 5.82 Å². The zero-order chi connectivity index (χ0) is 16.8. The van der Waals surface area contributed by atoms with Crippen molar-refractivity contribution < 1.29 is 13.9 Å². The number of halogens is 1. The SMILES string of the molecule is O=C(NCC1(c2ccccc2)CCCOCC1)c1ccccc1F. The monoisotopic (exact) mass is 327 g/mol. The molecule has 1 aliphatic heterocycles. The Labute approximate surface area is 141 Å². The quantitative estimate of drug-likeness (QED) is 0.930. The summed E-state index contributed by atoms with van der Waals surface area (Å²) in [6, 6.07) is 16.3. The molecular formula is C20H22FNO2. The number of ether oxygens (including phenoxy) is 1. The highest BCUT2D eigenvalue weighted by atomic mass is 19.1. The largest absolute Gasteiger partial charge is 0.381 e. The molecule has 3 nitrogen and oxygen atoms in total. The molecule has 24 heavy (non-hydrogen) atoms. The average Bonchev–Trinajstić information content (AvgIpc) is 2.87. The van der Waals surface area contributed by atoms with E-state index < -0.39 is 5.82 Å². The van der Waals surface area contributed by atoms with Crippen LogP contribution in [0.4, 0.5) is 4.39 Å². The molecule has 0 aromatic heterocycles. The molecule has 1 aliphatic rings. The van der Waals surface area contributed by atoms with Gasteiger partial charge in [0.2, 0.25) is 0 Å². The minimum Gasteiger partial charge on any atom is -0.381 e. The normalized spacial score (nSPS) is 21.0. The van der Waals surface area contributed by atoms with Gasteiger partial charge in [-0.15, -0.1) is 0 Å². The van der Waals surface area contributed by atoms with E-state index in [1.807, 2.05) is 18.2 Å². The van der Waals surface area contributed by atoms with Gasteiger partial charge >= 0.3 is 0 Å². The molecule has 126 valence electrons. The summed E-state index contributed by atoms with van der Waals surface area (Å²) < 4.78 is 19.4. The van der Waals surface area contributed by atoms with Crippen LogP contribution >= 0.6 is 0 Å². The summed E-state index contributed by atoms with van der Waals surface area (Å²) in [4.78, 5) is 12.4. The maximum atomic E-state index is 13.8. The molecule has 1 unspecified atom stereocenters. The maximum Gasteiger partial charge on any atom is 0.254 e. The standard InChI is InChI=1S/C20H22FNO2/c21-18-10-5-4-9-17(18)19(23)22-15-20(11-6-13-24-14-12-20)16-7-2-1-3-8-16/h1-5,7-10H,6,11-15H2,(H,22,23). The van der Waals surface area contributed by atoms with Gasteiger partial charge in [0, 0.05) is 25.2 Å². The molecule has 1 fully saturated rings. The van der Waals surface area contributed by atoms with Crippen LogP contribution in [-0.2, 0) is 10.2 Å². The Morgan fingerprint density at radius 3 is 2.58 bits per heavy atom. The van der Waals surface area contributed by atoms with Crippen molar-refractivity contribution in [3.05, 3.63) is 71.5 Å². The fraction of sp³-hybridized carbons (Fsp3) is 0.350. The van der Waals surface area contributed by atoms with E-state index in [1.165, 1.54) is 17.7 Å². The number of nitrogens with one attached hydrogen (secondary N) is 1. The highest BCUT2D eigenvalue weighted by Crippen LogP contribution is 2.34. The van der Waals surface area contributed by atoms with Crippen molar-refractivity contribution in [2.45, 2.75) is 24.7 Å². The molecule has 4 heteroatoms. The number of carbonyl (C=O) groups excluding carboxylic acids is 1. The van der Waals surface area contributed by atoms with Crippen LogP contribution in [0.2, 0.25) is 0 Å². The Kier molecular flexibility index (Phi) is 5.26. The second kappa shape index (κ2) is 7.58. The van der Waals surface area contributed by atoms with Crippen LogP contribution in [0.5, 0.6) is 0 Å². The second-order valence-electron chi connectivity index (χ2n) is 6.27. The number of hydrogen-bond donors (Lipinski definition) is 1. The van der Waals surface area contributed by atoms with Crippen molar-refractivity contribution in [3.63, 3.8) is 0 Å². The van der Waals surface area contributed by atoms with E-state index in [0.717, 1.165) is 25.9 Å². The Morgan fingerprint density at radius 2 is 1.79 bits per heavy atom. The summed E-state index contributed by atoms with van der Waals surface area (Å²) in [6.07, 6.45) is 2.73. The zero-order valence-electron chi connectivity index (χ0n) is 13.6. The van der Waals surface area contributed by atoms with Crippen LogP contribution in [0.3, 0.4) is 0 Å². The predicted octanol–water partition coefficient (Wildman–Crippen LogP) is 3.69. The van der Waals surface area contributed by atoms with E-state index in [1.54, 1.807) is 12.1 Å². The number of rotatable bonds is 4. The molecule has 2 aromatic rings. The first-order valence-corrected chi connectivity index (χ1v) is 8.37. The van der Waals surface area contributed by atoms with Crippen molar-refractivity contribution in [1.29, 1.82) is 0 Å². The van der Waals surface area contributed by atoms with Crippen molar-refractivity contribution in [1.82, 2.24) is 5.32 Å². The van der Waals surface area contributed by atoms with Crippen molar-refractivity contribution >= 4 is 5.91 Å². The third-order valence-corrected chi connectivity index (χ3v) is 4.76. The smallest absolute Gasteiger partial charge is 0.254 e. The molecule has 0 saturated carbocycles. The first kappa shape index (κ1) is 16.7. The van der Waals surface area contributed by atoms with E-state index in [0.29, 0.717) is 13.2 Å². The molecule has 2 aromatic carbocycles. The molecule has 1 amide bonds. The first-order valence-electron chi connectivity index (χ1n) is 8.37. The Morgan fingerprint density at radius 1 is 1.04 bits per heavy atom. The van der Waals surface area contributed by atoms with Crippen LogP contribution in [0.1, 0.15) is 35.2 Å². The van der Waals surface area contributed by atoms with Gasteiger partial charge in [-0.1, -0.05) is 42.5 Å². The average molecular weight is 327 g/mol. The summed E-state index contributed by atoms with van der Waals surface area (Å²) in [6.45, 7) is 1.90. The lowest BCUT2D eigenvalue weighted by Crippen LogP contribution is -2.41. The second-order valence-corrected chi connectivity index (χ2v) is 6.27. The topological polar surface area (TPSA) is 38.3 Å². The number of benzene rings is 2. The lowest BCUT2D eigenvalue weighted by Gasteiger charge is -2.33. The van der Waals surface area contributed by atoms with Gasteiger partial charge in [-0.25, -0.2) is 4.39 Å². The molecule has 1 heterocycles. The molecule has 0 aliphatic carbocycles. The predicted molar refractivity (Wildman–Crippen MR) is 91.5 cm³/mol. The molecular weight excluding hydrogens is 305 g/mol. The molecule has 0 spiro atoms. The summed E-state index contributed by atoms with van der Waals surface area (Å²) in [5.74, 6) is -0.860. The molecule has 0 bridgehead atoms. The van der Waals surface area contributed by atoms with E-state index >= 15 is 0 Å². The van der Waals surface area contributed by atoms with Crippen LogP contribution in [0.25, 0.3) is 0 Å². The zero-order valence-corrected chi connectivity index (χ0v) is 13.6. The third kappa shape index (κ3) is 3.65. The van der Waals surface area contributed by atoms with Gasteiger partial charge in [0.25, 0.3) is 5.91 Å². The number of amides is 1. The van der Waals surface area contributed by atoms with Crippen LogP contribution < -0.4 is 5.32 Å². The molecule has 1 N–H and O–H groups in total. The van der Waals surface area contributed by atoms with Crippen LogP contribution in [-0.4, -0.2) is 25.7 Å². The highest BCUT2D eigenvalue weighted by molar-refractivity contribution is 5.94. The van der Waals surface area contributed by atoms with E-state index in [9.17, 15) is 9.18 Å². The molecule has 0 radical (unpaired) electrons. The Hall–Kier alpha value is -2.20. The number of carbonyl (C=O) groups is 1.